The highest BCUT2D eigenvalue weighted by molar-refractivity contribution is 7.92. The van der Waals surface area contributed by atoms with Crippen LogP contribution in [0.1, 0.15) is 56.0 Å². The Bertz CT molecular complexity index is 1420. The maximum atomic E-state index is 12.4. The van der Waals surface area contributed by atoms with Gasteiger partial charge in [0.1, 0.15) is 11.6 Å². The molecule has 1 saturated heterocycles. The molecule has 2 aromatic heterocycles. The fourth-order valence-electron chi connectivity index (χ4n) is 5.50. The smallest absolute Gasteiger partial charge is 0.249 e. The molecular weight excluding hydrogens is 552 g/mol. The van der Waals surface area contributed by atoms with Crippen molar-refractivity contribution in [2.75, 3.05) is 43.2 Å². The van der Waals surface area contributed by atoms with Gasteiger partial charge in [0.15, 0.2) is 0 Å². The molecule has 1 aliphatic carbocycles. The number of rotatable bonds is 11. The number of anilines is 2. The van der Waals surface area contributed by atoms with Gasteiger partial charge in [-0.3, -0.25) is 4.31 Å². The molecule has 40 heavy (non-hydrogen) atoms. The van der Waals surface area contributed by atoms with Gasteiger partial charge in [0.25, 0.3) is 0 Å². The average molecular weight is 589 g/mol. The van der Waals surface area contributed by atoms with Crippen LogP contribution in [0.3, 0.4) is 0 Å². The van der Waals surface area contributed by atoms with E-state index in [1.165, 1.54) is 12.6 Å². The molecule has 10 nitrogen and oxygen atoms in total. The van der Waals surface area contributed by atoms with E-state index in [2.05, 4.69) is 44.9 Å². The molecule has 0 amide bonds. The van der Waals surface area contributed by atoms with E-state index in [9.17, 15) is 8.42 Å². The molecule has 1 aromatic carbocycles. The number of ether oxygens (including phenoxy) is 1. The normalized spacial score (nSPS) is 23.5. The number of pyridine rings is 1. The summed E-state index contributed by atoms with van der Waals surface area (Å²) in [5.41, 5.74) is 1.63. The third kappa shape index (κ3) is 6.27. The third-order valence-electron chi connectivity index (χ3n) is 8.03. The Balaban J connectivity index is 1.51. The second kappa shape index (κ2) is 12.0. The fraction of sp³-hybridized carbons (Fsp3) is 0.536. The third-order valence-corrected chi connectivity index (χ3v) is 9.60. The summed E-state index contributed by atoms with van der Waals surface area (Å²) in [6.07, 6.45) is 5.04. The lowest BCUT2D eigenvalue weighted by Crippen LogP contribution is -2.33. The quantitative estimate of drug-likeness (QED) is 0.323. The van der Waals surface area contributed by atoms with E-state index < -0.39 is 10.0 Å². The van der Waals surface area contributed by atoms with Crippen LogP contribution in [0.15, 0.2) is 40.8 Å². The van der Waals surface area contributed by atoms with Crippen LogP contribution in [-0.4, -0.2) is 63.2 Å². The van der Waals surface area contributed by atoms with Gasteiger partial charge in [-0.25, -0.2) is 13.4 Å². The summed E-state index contributed by atoms with van der Waals surface area (Å²) >= 11 is 6.93. The van der Waals surface area contributed by atoms with Gasteiger partial charge in [0, 0.05) is 32.7 Å². The van der Waals surface area contributed by atoms with Crippen LogP contribution < -0.4 is 14.9 Å². The Morgan fingerprint density at radius 3 is 2.70 bits per heavy atom. The zero-order valence-electron chi connectivity index (χ0n) is 23.3. The Hall–Kier alpha value is -2.73. The SMILES string of the molecule is COCCC(Nc1nc(N(C)S(C)(=O)=O)cc(-c2nnc([C@H]3NCCC[C@H]3c3ccccc3)o2)c1Cl)[C@H]1C[C@@H]1C. The number of sulfonamides is 1. The molecule has 1 aliphatic heterocycles. The minimum atomic E-state index is -3.59. The second-order valence-corrected chi connectivity index (χ2v) is 13.3. The molecule has 5 rings (SSSR count). The van der Waals surface area contributed by atoms with Crippen LogP contribution in [0, 0.1) is 11.8 Å². The molecule has 0 bridgehead atoms. The molecule has 12 heteroatoms. The summed E-state index contributed by atoms with van der Waals surface area (Å²) in [5, 5.41) is 16.1. The Morgan fingerprint density at radius 1 is 1.27 bits per heavy atom. The van der Waals surface area contributed by atoms with Crippen molar-refractivity contribution in [3.05, 3.63) is 52.9 Å². The van der Waals surface area contributed by atoms with Crippen molar-refractivity contribution in [2.45, 2.75) is 50.6 Å². The predicted molar refractivity (Wildman–Crippen MR) is 156 cm³/mol. The molecule has 3 heterocycles. The van der Waals surface area contributed by atoms with Gasteiger partial charge in [0.2, 0.25) is 21.8 Å². The summed E-state index contributed by atoms with van der Waals surface area (Å²) in [4.78, 5) is 4.62. The number of aromatic nitrogens is 3. The molecule has 2 fully saturated rings. The van der Waals surface area contributed by atoms with Crippen LogP contribution in [0.25, 0.3) is 11.5 Å². The number of halogens is 1. The fourth-order valence-corrected chi connectivity index (χ4v) is 6.17. The Kier molecular flexibility index (Phi) is 8.65. The molecule has 216 valence electrons. The van der Waals surface area contributed by atoms with Gasteiger partial charge in [0.05, 0.1) is 22.9 Å². The second-order valence-electron chi connectivity index (χ2n) is 10.9. The minimum Gasteiger partial charge on any atom is -0.419 e. The largest absolute Gasteiger partial charge is 0.419 e. The maximum Gasteiger partial charge on any atom is 0.249 e. The zero-order valence-corrected chi connectivity index (χ0v) is 24.9. The molecule has 0 radical (unpaired) electrons. The molecule has 1 saturated carbocycles. The first-order valence-corrected chi connectivity index (χ1v) is 15.9. The maximum absolute atomic E-state index is 12.4. The topological polar surface area (TPSA) is 122 Å². The van der Waals surface area contributed by atoms with Crippen molar-refractivity contribution in [2.24, 2.45) is 11.8 Å². The highest BCUT2D eigenvalue weighted by Gasteiger charge is 2.40. The summed E-state index contributed by atoms with van der Waals surface area (Å²) in [6.45, 7) is 3.64. The number of benzene rings is 1. The molecule has 2 N–H and O–H groups in total. The lowest BCUT2D eigenvalue weighted by molar-refractivity contribution is 0.187. The molecule has 3 aromatic rings. The molecular formula is C28H37ClN6O4S. The predicted octanol–water partition coefficient (Wildman–Crippen LogP) is 4.86. The number of piperidine rings is 1. The van der Waals surface area contributed by atoms with Crippen LogP contribution in [0.2, 0.25) is 5.02 Å². The number of nitrogens with zero attached hydrogens (tertiary/aromatic N) is 4. The molecule has 0 spiro atoms. The van der Waals surface area contributed by atoms with E-state index in [4.69, 9.17) is 20.8 Å². The van der Waals surface area contributed by atoms with Crippen LogP contribution in [0.4, 0.5) is 11.6 Å². The molecule has 2 aliphatic rings. The first-order chi connectivity index (χ1) is 19.2. The van der Waals surface area contributed by atoms with Crippen molar-refractivity contribution in [3.63, 3.8) is 0 Å². The van der Waals surface area contributed by atoms with Crippen molar-refractivity contribution in [3.8, 4) is 11.5 Å². The van der Waals surface area contributed by atoms with Crippen molar-refractivity contribution in [1.82, 2.24) is 20.5 Å². The summed E-state index contributed by atoms with van der Waals surface area (Å²) in [6, 6.07) is 11.8. The highest BCUT2D eigenvalue weighted by atomic mass is 35.5. The number of nitrogens with one attached hydrogen (secondary N) is 2. The van der Waals surface area contributed by atoms with Crippen LogP contribution in [-0.2, 0) is 14.8 Å². The van der Waals surface area contributed by atoms with Gasteiger partial charge < -0.3 is 19.8 Å². The molecule has 5 atom stereocenters. The van der Waals surface area contributed by atoms with E-state index in [0.29, 0.717) is 40.7 Å². The van der Waals surface area contributed by atoms with E-state index in [0.717, 1.165) is 42.8 Å². The first kappa shape index (κ1) is 28.8. The summed E-state index contributed by atoms with van der Waals surface area (Å²) in [5.74, 6) is 2.47. The minimum absolute atomic E-state index is 0.0721. The van der Waals surface area contributed by atoms with Gasteiger partial charge >= 0.3 is 0 Å². The Morgan fingerprint density at radius 2 is 2.02 bits per heavy atom. The van der Waals surface area contributed by atoms with Crippen molar-refractivity contribution >= 4 is 33.3 Å². The Labute approximate surface area is 240 Å². The number of methoxy groups -OCH3 is 1. The summed E-state index contributed by atoms with van der Waals surface area (Å²) in [7, 11) is -0.452. The van der Waals surface area contributed by atoms with Gasteiger partial charge in [-0.05, 0) is 55.7 Å². The number of hydrogen-bond acceptors (Lipinski definition) is 9. The van der Waals surface area contributed by atoms with Crippen LogP contribution >= 0.6 is 11.6 Å². The van der Waals surface area contributed by atoms with Gasteiger partial charge in [-0.1, -0.05) is 48.9 Å². The number of hydrogen-bond donors (Lipinski definition) is 2. The molecule has 1 unspecified atom stereocenters. The van der Waals surface area contributed by atoms with Crippen LogP contribution in [0.5, 0.6) is 0 Å². The van der Waals surface area contributed by atoms with Crippen molar-refractivity contribution in [1.29, 1.82) is 0 Å². The first-order valence-electron chi connectivity index (χ1n) is 13.7. The van der Waals surface area contributed by atoms with E-state index in [1.807, 2.05) is 18.2 Å². The standard InChI is InChI=1S/C28H37ClN6O4S/c1-17-15-20(17)22(12-14-38-3)31-26-24(29)21(16-23(32-26)35(2)40(4,36)37)27-33-34-28(39-27)25-19(11-8-13-30-25)18-9-6-5-7-10-18/h5-7,9-10,16-17,19-20,22,25,30H,8,11-15H2,1-4H3,(H,31,32)/t17-,19-,20-,22?,25-/m0/s1. The van der Waals surface area contributed by atoms with E-state index in [-0.39, 0.29) is 29.7 Å². The lowest BCUT2D eigenvalue weighted by Gasteiger charge is -2.30. The average Bonchev–Trinajstić information content (AvgIpc) is 3.47. The van der Waals surface area contributed by atoms with Gasteiger partial charge in [-0.15, -0.1) is 10.2 Å². The monoisotopic (exact) mass is 588 g/mol. The van der Waals surface area contributed by atoms with Gasteiger partial charge in [-0.2, -0.15) is 0 Å². The zero-order chi connectivity index (χ0) is 28.4. The van der Waals surface area contributed by atoms with E-state index >= 15 is 0 Å². The van der Waals surface area contributed by atoms with Crippen molar-refractivity contribution < 1.29 is 17.6 Å². The summed E-state index contributed by atoms with van der Waals surface area (Å²) < 4.78 is 37.6. The lowest BCUT2D eigenvalue weighted by atomic mass is 9.85. The highest BCUT2D eigenvalue weighted by Crippen LogP contribution is 2.44. The van der Waals surface area contributed by atoms with E-state index in [1.54, 1.807) is 13.2 Å².